The highest BCUT2D eigenvalue weighted by Gasteiger charge is 2.73. The molecule has 5 atom stereocenters. The van der Waals surface area contributed by atoms with E-state index < -0.39 is 72.5 Å². The van der Waals surface area contributed by atoms with E-state index in [1.54, 1.807) is 4.90 Å². The van der Waals surface area contributed by atoms with Crippen LogP contribution in [0.15, 0.2) is 60.7 Å². The number of fused-ring (bicyclic) bond motifs is 5. The SMILES string of the molecule is C[C@@H]1Oc2nc(Cl)c(F)c3nc(OCC4(CO[Si](c5ccccc5)(c5ccccc5)C(C)(C)C)CC4(F)F)nc(c23)N2C[C@H]3CC[C@@H]([C@@H]12)N3C(=O)OC(C)(C)C. The van der Waals surface area contributed by atoms with Gasteiger partial charge in [0.15, 0.2) is 11.0 Å². The number of piperazine rings is 1. The molecule has 56 heavy (non-hydrogen) atoms. The number of carbonyl (C=O) groups is 1. The minimum Gasteiger partial charge on any atom is -0.472 e. The lowest BCUT2D eigenvalue weighted by Crippen LogP contribution is -2.67. The number of aromatic nitrogens is 3. The van der Waals surface area contributed by atoms with E-state index in [1.807, 2.05) is 93.3 Å². The lowest BCUT2D eigenvalue weighted by atomic mass is 9.98. The first-order valence-corrected chi connectivity index (χ1v) is 21.4. The molecule has 0 spiro atoms. The molecule has 10 nitrogen and oxygen atoms in total. The second kappa shape index (κ2) is 13.5. The molecule has 1 saturated carbocycles. The van der Waals surface area contributed by atoms with E-state index in [0.29, 0.717) is 19.4 Å². The minimum absolute atomic E-state index is 0.0402. The summed E-state index contributed by atoms with van der Waals surface area (Å²) in [7, 11) is -3.17. The van der Waals surface area contributed by atoms with Crippen LogP contribution in [0.4, 0.5) is 23.8 Å². The van der Waals surface area contributed by atoms with Gasteiger partial charge >= 0.3 is 12.1 Å². The van der Waals surface area contributed by atoms with E-state index in [2.05, 4.69) is 30.7 Å². The standard InChI is InChI=1S/C41H47ClF3N5O5Si/c1-24-32-28-19-18-25(50(28)37(51)55-38(2,3)4)20-49(32)34-29-31(30(43)33(42)47-35(29)54-24)46-36(48-34)52-22-40(21-41(40,44)45)23-53-56(39(5,6)7,26-14-10-8-11-15-26)27-16-12-9-13-17-27/h8-17,24-25,28,32H,18-23H2,1-7H3/t24-,25+,28-,32+,40?/m0/s1. The molecular weight excluding hydrogens is 763 g/mol. The molecule has 2 aromatic heterocycles. The predicted octanol–water partition coefficient (Wildman–Crippen LogP) is 7.54. The zero-order chi connectivity index (χ0) is 40.0. The normalized spacial score (nSPS) is 25.3. The van der Waals surface area contributed by atoms with Gasteiger partial charge in [0.05, 0.1) is 23.5 Å². The Morgan fingerprint density at radius 3 is 2.16 bits per heavy atom. The molecule has 4 aromatic rings. The topological polar surface area (TPSA) is 99.1 Å². The van der Waals surface area contributed by atoms with E-state index in [4.69, 9.17) is 35.2 Å². The van der Waals surface area contributed by atoms with Crippen LogP contribution in [0.5, 0.6) is 11.9 Å². The van der Waals surface area contributed by atoms with Crippen molar-refractivity contribution >= 4 is 53.1 Å². The Hall–Kier alpha value is -4.14. The zero-order valence-corrected chi connectivity index (χ0v) is 34.4. The van der Waals surface area contributed by atoms with E-state index in [1.165, 1.54) is 0 Å². The Morgan fingerprint density at radius 2 is 1.59 bits per heavy atom. The Bertz CT molecular complexity index is 2120. The molecular formula is C41H47ClF3N5O5Si. The molecule has 1 amide bonds. The van der Waals surface area contributed by atoms with Crippen LogP contribution in [0, 0.1) is 11.2 Å². The zero-order valence-electron chi connectivity index (χ0n) is 32.6. The number of hydrogen-bond acceptors (Lipinski definition) is 9. The van der Waals surface area contributed by atoms with Gasteiger partial charge in [-0.05, 0) is 55.9 Å². The number of benzene rings is 2. The van der Waals surface area contributed by atoms with Crippen molar-refractivity contribution in [3.63, 3.8) is 0 Å². The average molecular weight is 810 g/mol. The fourth-order valence-electron chi connectivity index (χ4n) is 9.00. The van der Waals surface area contributed by atoms with Crippen molar-refractivity contribution in [1.82, 2.24) is 19.9 Å². The van der Waals surface area contributed by atoms with E-state index in [-0.39, 0.29) is 47.3 Å². The van der Waals surface area contributed by atoms with Gasteiger partial charge < -0.3 is 23.5 Å². The smallest absolute Gasteiger partial charge is 0.410 e. The summed E-state index contributed by atoms with van der Waals surface area (Å²) in [6.45, 7) is 13.2. The van der Waals surface area contributed by atoms with Crippen LogP contribution in [0.2, 0.25) is 10.2 Å². The third kappa shape index (κ3) is 6.35. The van der Waals surface area contributed by atoms with Crippen LogP contribution >= 0.6 is 11.6 Å². The Balaban J connectivity index is 1.14. The maximum Gasteiger partial charge on any atom is 0.410 e. The van der Waals surface area contributed by atoms with Crippen LogP contribution in [0.3, 0.4) is 0 Å². The molecule has 1 aliphatic carbocycles. The van der Waals surface area contributed by atoms with Crippen LogP contribution < -0.4 is 24.7 Å². The fourth-order valence-corrected chi connectivity index (χ4v) is 13.8. The largest absolute Gasteiger partial charge is 0.472 e. The van der Waals surface area contributed by atoms with Gasteiger partial charge in [0.25, 0.3) is 14.2 Å². The van der Waals surface area contributed by atoms with Crippen LogP contribution in [0.25, 0.3) is 10.9 Å². The van der Waals surface area contributed by atoms with Crippen LogP contribution in [-0.4, -0.2) is 89.8 Å². The molecule has 0 N–H and O–H groups in total. The second-order valence-electron chi connectivity index (χ2n) is 17.6. The number of anilines is 1. The maximum atomic E-state index is 15.9. The number of halogens is 4. The Labute approximate surface area is 330 Å². The number of alkyl halides is 2. The molecule has 2 aromatic carbocycles. The number of carbonyl (C=O) groups excluding carboxylic acids is 1. The molecule has 3 fully saturated rings. The first-order chi connectivity index (χ1) is 26.4. The number of hydrogen-bond donors (Lipinski definition) is 0. The number of ether oxygens (including phenoxy) is 3. The average Bonchev–Trinajstić information content (AvgIpc) is 3.59. The molecule has 8 rings (SSSR count). The monoisotopic (exact) mass is 809 g/mol. The number of pyridine rings is 1. The van der Waals surface area contributed by atoms with Gasteiger partial charge in [-0.2, -0.15) is 15.0 Å². The predicted molar refractivity (Wildman–Crippen MR) is 209 cm³/mol. The van der Waals surface area contributed by atoms with Gasteiger partial charge in [0.2, 0.25) is 5.88 Å². The Kier molecular flexibility index (Phi) is 9.32. The number of nitrogens with zero attached hydrogens (tertiary/aromatic N) is 5. The molecule has 4 aliphatic rings. The number of rotatable bonds is 8. The summed E-state index contributed by atoms with van der Waals surface area (Å²) in [5.41, 5.74) is -2.58. The van der Waals surface area contributed by atoms with Crippen LogP contribution in [-0.2, 0) is 9.16 Å². The fraction of sp³-hybridized carbons (Fsp3) is 0.512. The first-order valence-electron chi connectivity index (χ1n) is 19.1. The lowest BCUT2D eigenvalue weighted by molar-refractivity contribution is 0.000791. The van der Waals surface area contributed by atoms with Gasteiger partial charge in [-0.3, -0.25) is 4.90 Å². The summed E-state index contributed by atoms with van der Waals surface area (Å²) in [4.78, 5) is 30.7. The van der Waals surface area contributed by atoms with E-state index >= 15 is 13.2 Å². The third-order valence-electron chi connectivity index (χ3n) is 11.7. The van der Waals surface area contributed by atoms with Gasteiger partial charge in [0, 0.05) is 19.6 Å². The van der Waals surface area contributed by atoms with Crippen molar-refractivity contribution in [2.24, 2.45) is 5.41 Å². The van der Waals surface area contributed by atoms with Crippen molar-refractivity contribution in [2.45, 2.75) is 109 Å². The molecule has 2 saturated heterocycles. The second-order valence-corrected chi connectivity index (χ2v) is 22.3. The van der Waals surface area contributed by atoms with Crippen molar-refractivity contribution in [3.05, 3.63) is 71.6 Å². The van der Waals surface area contributed by atoms with Gasteiger partial charge in [-0.25, -0.2) is 18.0 Å². The minimum atomic E-state index is -3.17. The molecule has 1 unspecified atom stereocenters. The molecule has 298 valence electrons. The van der Waals surface area contributed by atoms with Gasteiger partial charge in [-0.1, -0.05) is 93.0 Å². The highest BCUT2D eigenvalue weighted by molar-refractivity contribution is 6.99. The summed E-state index contributed by atoms with van der Waals surface area (Å²) >= 11 is 6.30. The van der Waals surface area contributed by atoms with Crippen molar-refractivity contribution in [3.8, 4) is 11.9 Å². The summed E-state index contributed by atoms with van der Waals surface area (Å²) in [6, 6.07) is 18.4. The van der Waals surface area contributed by atoms with Crippen molar-refractivity contribution in [1.29, 1.82) is 0 Å². The van der Waals surface area contributed by atoms with Gasteiger partial charge in [-0.15, -0.1) is 0 Å². The van der Waals surface area contributed by atoms with Gasteiger partial charge in [0.1, 0.15) is 35.0 Å². The van der Waals surface area contributed by atoms with E-state index in [9.17, 15) is 4.79 Å². The number of amides is 1. The Morgan fingerprint density at radius 1 is 0.964 bits per heavy atom. The quantitative estimate of drug-likeness (QED) is 0.132. The molecule has 0 radical (unpaired) electrons. The summed E-state index contributed by atoms with van der Waals surface area (Å²) in [5.74, 6) is -3.69. The lowest BCUT2D eigenvalue weighted by Gasteiger charge is -2.48. The summed E-state index contributed by atoms with van der Waals surface area (Å²) in [6.07, 6.45) is -0.0379. The molecule has 5 heterocycles. The molecule has 15 heteroatoms. The maximum absolute atomic E-state index is 15.9. The summed E-state index contributed by atoms with van der Waals surface area (Å²) in [5, 5.41) is 1.23. The molecule has 2 bridgehead atoms. The van der Waals surface area contributed by atoms with E-state index in [0.717, 1.165) is 10.4 Å². The molecule has 3 aliphatic heterocycles. The first kappa shape index (κ1) is 38.7. The highest BCUT2D eigenvalue weighted by atomic mass is 35.5. The van der Waals surface area contributed by atoms with Crippen molar-refractivity contribution in [2.75, 3.05) is 24.7 Å². The van der Waals surface area contributed by atoms with Crippen molar-refractivity contribution < 1.29 is 36.6 Å². The third-order valence-corrected chi connectivity index (χ3v) is 16.9. The highest BCUT2D eigenvalue weighted by Crippen LogP contribution is 2.61. The summed E-state index contributed by atoms with van der Waals surface area (Å²) < 4.78 is 72.5. The van der Waals surface area contributed by atoms with Crippen LogP contribution in [0.1, 0.15) is 67.7 Å².